The number of sulfonamides is 1. The Balaban J connectivity index is 1.82. The molecule has 12 heteroatoms. The number of carbonyl (C=O) groups is 1. The van der Waals surface area contributed by atoms with Gasteiger partial charge in [-0.05, 0) is 30.3 Å². The second kappa shape index (κ2) is 8.03. The molecule has 0 radical (unpaired) electrons. The van der Waals surface area contributed by atoms with Crippen LogP contribution < -0.4 is 4.72 Å². The number of nitrogens with one attached hydrogen (secondary N) is 2. The van der Waals surface area contributed by atoms with Crippen molar-refractivity contribution in [1.29, 1.82) is 5.26 Å². The van der Waals surface area contributed by atoms with Gasteiger partial charge in [0.05, 0.1) is 28.4 Å². The van der Waals surface area contributed by atoms with Crippen LogP contribution in [0.4, 0.5) is 23.2 Å². The molecule has 4 rings (SSSR count). The monoisotopic (exact) mass is 474 g/mol. The molecule has 2 N–H and O–H groups in total. The highest BCUT2D eigenvalue weighted by molar-refractivity contribution is 7.92. The second-order valence-corrected chi connectivity index (χ2v) is 8.28. The van der Waals surface area contributed by atoms with Gasteiger partial charge in [-0.1, -0.05) is 6.07 Å². The third kappa shape index (κ3) is 3.68. The van der Waals surface area contributed by atoms with Gasteiger partial charge < -0.3 is 4.98 Å². The van der Waals surface area contributed by atoms with Crippen LogP contribution in [0.2, 0.25) is 0 Å². The first kappa shape index (κ1) is 22.0. The van der Waals surface area contributed by atoms with Crippen LogP contribution in [-0.4, -0.2) is 24.2 Å². The average Bonchev–Trinajstić information content (AvgIpc) is 3.20. The highest BCUT2D eigenvalue weighted by Crippen LogP contribution is 2.30. The molecule has 0 saturated carbocycles. The van der Waals surface area contributed by atoms with E-state index in [0.29, 0.717) is 24.3 Å². The van der Waals surface area contributed by atoms with Gasteiger partial charge in [0.15, 0.2) is 10.7 Å². The number of carbonyl (C=O) groups excluding carboxylic acids is 1. The van der Waals surface area contributed by atoms with E-state index >= 15 is 4.39 Å². The molecule has 0 atom stereocenters. The molecular weight excluding hydrogens is 464 g/mol. The summed E-state index contributed by atoms with van der Waals surface area (Å²) in [4.78, 5) is 18.2. The summed E-state index contributed by atoms with van der Waals surface area (Å²) >= 11 is 0. The van der Waals surface area contributed by atoms with Gasteiger partial charge in [0.25, 0.3) is 10.0 Å². The largest absolute Gasteiger partial charge is 0.345 e. The Morgan fingerprint density at radius 1 is 1.03 bits per heavy atom. The van der Waals surface area contributed by atoms with E-state index < -0.39 is 55.2 Å². The Morgan fingerprint density at radius 3 is 2.39 bits per heavy atom. The molecule has 7 nitrogen and oxygen atoms in total. The Kier molecular flexibility index (Phi) is 5.35. The first-order valence-electron chi connectivity index (χ1n) is 9.01. The third-order valence-corrected chi connectivity index (χ3v) is 6.10. The Hall–Kier alpha value is -4.24. The van der Waals surface area contributed by atoms with Crippen LogP contribution in [0.5, 0.6) is 0 Å². The molecule has 166 valence electrons. The van der Waals surface area contributed by atoms with Gasteiger partial charge in [0.1, 0.15) is 23.1 Å². The molecule has 0 spiro atoms. The van der Waals surface area contributed by atoms with Crippen LogP contribution in [0.1, 0.15) is 21.5 Å². The van der Waals surface area contributed by atoms with E-state index in [1.807, 2.05) is 6.07 Å². The zero-order chi connectivity index (χ0) is 23.9. The SMILES string of the molecule is N#Cc1ccnc2[nH]cc(C(=O)c3c(F)ccc(NS(=O)(=O)c4c(F)cccc4F)c3F)c12. The minimum Gasteiger partial charge on any atom is -0.345 e. The fourth-order valence-corrected chi connectivity index (χ4v) is 4.44. The van der Waals surface area contributed by atoms with E-state index in [0.717, 1.165) is 12.3 Å². The first-order chi connectivity index (χ1) is 15.7. The average molecular weight is 474 g/mol. The molecule has 2 heterocycles. The number of aromatic amines is 1. The second-order valence-electron chi connectivity index (χ2n) is 6.67. The number of aromatic nitrogens is 2. The van der Waals surface area contributed by atoms with E-state index in [9.17, 15) is 31.6 Å². The zero-order valence-electron chi connectivity index (χ0n) is 16.2. The predicted molar refractivity (Wildman–Crippen MR) is 108 cm³/mol. The van der Waals surface area contributed by atoms with Crippen molar-refractivity contribution in [3.8, 4) is 6.07 Å². The summed E-state index contributed by atoms with van der Waals surface area (Å²) in [6.07, 6.45) is 2.40. The summed E-state index contributed by atoms with van der Waals surface area (Å²) in [5.74, 6) is -7.02. The summed E-state index contributed by atoms with van der Waals surface area (Å²) in [5.41, 5.74) is -2.21. The number of nitriles is 1. The number of rotatable bonds is 5. The lowest BCUT2D eigenvalue weighted by Gasteiger charge is -2.13. The molecule has 33 heavy (non-hydrogen) atoms. The maximum Gasteiger partial charge on any atom is 0.267 e. The molecule has 0 unspecified atom stereocenters. The van der Waals surface area contributed by atoms with E-state index in [4.69, 9.17) is 0 Å². The Bertz CT molecular complexity index is 1570. The van der Waals surface area contributed by atoms with Crippen molar-refractivity contribution >= 4 is 32.5 Å². The van der Waals surface area contributed by atoms with Crippen molar-refractivity contribution in [2.24, 2.45) is 0 Å². The number of fused-ring (bicyclic) bond motifs is 1. The summed E-state index contributed by atoms with van der Waals surface area (Å²) in [5, 5.41) is 9.29. The van der Waals surface area contributed by atoms with Crippen LogP contribution in [0.3, 0.4) is 0 Å². The molecule has 0 aliphatic carbocycles. The van der Waals surface area contributed by atoms with E-state index in [2.05, 4.69) is 9.97 Å². The molecule has 0 saturated heterocycles. The molecule has 0 amide bonds. The number of nitrogens with zero attached hydrogens (tertiary/aromatic N) is 2. The minimum absolute atomic E-state index is 0.0114. The number of pyridine rings is 1. The van der Waals surface area contributed by atoms with Gasteiger partial charge in [-0.25, -0.2) is 31.0 Å². The molecule has 4 aromatic rings. The van der Waals surface area contributed by atoms with Gasteiger partial charge in [0, 0.05) is 17.8 Å². The van der Waals surface area contributed by atoms with Crippen LogP contribution in [0.25, 0.3) is 11.0 Å². The number of hydrogen-bond donors (Lipinski definition) is 2. The topological polar surface area (TPSA) is 116 Å². The molecule has 0 aliphatic rings. The summed E-state index contributed by atoms with van der Waals surface area (Å²) < 4.78 is 84.0. The van der Waals surface area contributed by atoms with Crippen molar-refractivity contribution < 1.29 is 30.8 Å². The molecule has 0 aliphatic heterocycles. The molecule has 0 fully saturated rings. The summed E-state index contributed by atoms with van der Waals surface area (Å²) in [6.45, 7) is 0. The number of ketones is 1. The predicted octanol–water partition coefficient (Wildman–Crippen LogP) is 4.02. The first-order valence-corrected chi connectivity index (χ1v) is 10.5. The highest BCUT2D eigenvalue weighted by Gasteiger charge is 2.29. The van der Waals surface area contributed by atoms with Crippen LogP contribution in [0, 0.1) is 34.6 Å². The quantitative estimate of drug-likeness (QED) is 0.335. The molecule has 0 bridgehead atoms. The number of anilines is 1. The zero-order valence-corrected chi connectivity index (χ0v) is 17.0. The normalized spacial score (nSPS) is 11.4. The van der Waals surface area contributed by atoms with Gasteiger partial charge >= 0.3 is 0 Å². The fraction of sp³-hybridized carbons (Fsp3) is 0. The van der Waals surface area contributed by atoms with Gasteiger partial charge in [-0.15, -0.1) is 0 Å². The van der Waals surface area contributed by atoms with Crippen LogP contribution >= 0.6 is 0 Å². The Labute approximate surface area is 183 Å². The number of halogens is 4. The van der Waals surface area contributed by atoms with Crippen LogP contribution in [-0.2, 0) is 10.0 Å². The van der Waals surface area contributed by atoms with Crippen molar-refractivity contribution in [3.63, 3.8) is 0 Å². The van der Waals surface area contributed by atoms with E-state index in [-0.39, 0.29) is 22.2 Å². The maximum atomic E-state index is 15.1. The number of hydrogen-bond acceptors (Lipinski definition) is 5. The third-order valence-electron chi connectivity index (χ3n) is 4.69. The van der Waals surface area contributed by atoms with Crippen molar-refractivity contribution in [1.82, 2.24) is 9.97 Å². The van der Waals surface area contributed by atoms with Crippen LogP contribution in [0.15, 0.2) is 53.7 Å². The highest BCUT2D eigenvalue weighted by atomic mass is 32.2. The summed E-state index contributed by atoms with van der Waals surface area (Å²) in [7, 11) is -4.98. The fourth-order valence-electron chi connectivity index (χ4n) is 3.24. The molecule has 2 aromatic carbocycles. The number of benzene rings is 2. The molecule has 2 aromatic heterocycles. The summed E-state index contributed by atoms with van der Waals surface area (Å²) in [6, 6.07) is 6.72. The van der Waals surface area contributed by atoms with Crippen molar-refractivity contribution in [2.75, 3.05) is 4.72 Å². The lowest BCUT2D eigenvalue weighted by molar-refractivity contribution is 0.103. The van der Waals surface area contributed by atoms with E-state index in [1.165, 1.54) is 12.3 Å². The van der Waals surface area contributed by atoms with Crippen molar-refractivity contribution in [2.45, 2.75) is 4.90 Å². The van der Waals surface area contributed by atoms with E-state index in [1.54, 1.807) is 4.72 Å². The molecular formula is C21H10F4N4O3S. The Morgan fingerprint density at radius 2 is 1.73 bits per heavy atom. The lowest BCUT2D eigenvalue weighted by Crippen LogP contribution is -2.19. The smallest absolute Gasteiger partial charge is 0.267 e. The maximum absolute atomic E-state index is 15.1. The standard InChI is InChI=1S/C21H10F4N4O3S/c22-12-4-5-15(29-33(31,32)20-13(23)2-1-3-14(20)24)18(25)17(12)19(30)11-9-28-21-16(11)10(8-26)6-7-27-21/h1-7,9,29H,(H,27,28). The number of H-pyrrole nitrogens is 1. The minimum atomic E-state index is -4.98. The lowest BCUT2D eigenvalue weighted by atomic mass is 10.00. The van der Waals surface area contributed by atoms with Gasteiger partial charge in [-0.2, -0.15) is 5.26 Å². The van der Waals surface area contributed by atoms with Gasteiger partial charge in [0.2, 0.25) is 5.78 Å². The van der Waals surface area contributed by atoms with Crippen molar-refractivity contribution in [3.05, 3.63) is 88.8 Å². The van der Waals surface area contributed by atoms with Gasteiger partial charge in [-0.3, -0.25) is 9.52 Å².